The van der Waals surface area contributed by atoms with E-state index in [4.69, 9.17) is 20.9 Å². The third-order valence-electron chi connectivity index (χ3n) is 4.66. The SMILES string of the molecule is COc1cc(Cl)c(C)cc1NC(=O)c1cc(-c2ccccc2)nc2onc(C)c12. The molecule has 0 unspecified atom stereocenters. The van der Waals surface area contributed by atoms with Gasteiger partial charge in [0.1, 0.15) is 5.75 Å². The molecule has 4 rings (SSSR count). The van der Waals surface area contributed by atoms with Crippen molar-refractivity contribution in [3.05, 3.63) is 70.4 Å². The predicted molar refractivity (Wildman–Crippen MR) is 113 cm³/mol. The highest BCUT2D eigenvalue weighted by atomic mass is 35.5. The van der Waals surface area contributed by atoms with Crippen molar-refractivity contribution < 1.29 is 14.1 Å². The topological polar surface area (TPSA) is 77.2 Å². The van der Waals surface area contributed by atoms with Gasteiger partial charge in [-0.15, -0.1) is 0 Å². The predicted octanol–water partition coefficient (Wildman–Crippen LogP) is 5.42. The van der Waals surface area contributed by atoms with E-state index in [9.17, 15) is 4.79 Å². The summed E-state index contributed by atoms with van der Waals surface area (Å²) in [4.78, 5) is 17.8. The van der Waals surface area contributed by atoms with Crippen LogP contribution in [0.15, 0.2) is 53.1 Å². The van der Waals surface area contributed by atoms with E-state index in [1.165, 1.54) is 7.11 Å². The lowest BCUT2D eigenvalue weighted by Gasteiger charge is -2.13. The maximum atomic E-state index is 13.2. The summed E-state index contributed by atoms with van der Waals surface area (Å²) in [5.41, 5.74) is 4.18. The Morgan fingerprint density at radius 3 is 2.62 bits per heavy atom. The molecule has 7 heteroatoms. The van der Waals surface area contributed by atoms with Crippen LogP contribution >= 0.6 is 11.6 Å². The number of methoxy groups -OCH3 is 1. The highest BCUT2D eigenvalue weighted by molar-refractivity contribution is 6.31. The molecular formula is C22H18ClN3O3. The minimum absolute atomic E-state index is 0.313. The van der Waals surface area contributed by atoms with Gasteiger partial charge < -0.3 is 14.6 Å². The van der Waals surface area contributed by atoms with E-state index in [1.54, 1.807) is 25.1 Å². The van der Waals surface area contributed by atoms with Crippen LogP contribution in [-0.4, -0.2) is 23.2 Å². The summed E-state index contributed by atoms with van der Waals surface area (Å²) >= 11 is 6.17. The van der Waals surface area contributed by atoms with Gasteiger partial charge in [0.2, 0.25) is 0 Å². The third-order valence-corrected chi connectivity index (χ3v) is 5.07. The van der Waals surface area contributed by atoms with Gasteiger partial charge in [0.05, 0.1) is 35.1 Å². The second kappa shape index (κ2) is 7.56. The van der Waals surface area contributed by atoms with Gasteiger partial charge in [0.15, 0.2) is 0 Å². The number of nitrogens with one attached hydrogen (secondary N) is 1. The quantitative estimate of drug-likeness (QED) is 0.488. The molecule has 4 aromatic rings. The van der Waals surface area contributed by atoms with E-state index in [-0.39, 0.29) is 5.91 Å². The van der Waals surface area contributed by atoms with E-state index in [0.29, 0.717) is 44.5 Å². The minimum atomic E-state index is -0.319. The summed E-state index contributed by atoms with van der Waals surface area (Å²) in [6, 6.07) is 14.8. The first-order valence-corrected chi connectivity index (χ1v) is 9.33. The van der Waals surface area contributed by atoms with Gasteiger partial charge in [-0.3, -0.25) is 4.79 Å². The number of aromatic nitrogens is 2. The van der Waals surface area contributed by atoms with Gasteiger partial charge in [-0.1, -0.05) is 47.1 Å². The molecule has 2 aromatic carbocycles. The minimum Gasteiger partial charge on any atom is -0.495 e. The molecule has 0 atom stereocenters. The number of carbonyl (C=O) groups is 1. The van der Waals surface area contributed by atoms with Crippen molar-refractivity contribution >= 4 is 34.3 Å². The number of halogens is 1. The Morgan fingerprint density at radius 1 is 1.14 bits per heavy atom. The molecule has 0 aliphatic rings. The molecule has 0 bridgehead atoms. The number of carbonyl (C=O) groups excluding carboxylic acids is 1. The number of pyridine rings is 1. The molecule has 0 fully saturated rings. The maximum Gasteiger partial charge on any atom is 0.259 e. The van der Waals surface area contributed by atoms with Crippen LogP contribution in [0.4, 0.5) is 5.69 Å². The van der Waals surface area contributed by atoms with Crippen LogP contribution in [0.3, 0.4) is 0 Å². The first-order chi connectivity index (χ1) is 14.0. The third kappa shape index (κ3) is 3.54. The van der Waals surface area contributed by atoms with E-state index in [1.807, 2.05) is 37.3 Å². The van der Waals surface area contributed by atoms with Crippen molar-refractivity contribution in [2.45, 2.75) is 13.8 Å². The molecule has 1 N–H and O–H groups in total. The Balaban J connectivity index is 1.82. The highest BCUT2D eigenvalue weighted by Gasteiger charge is 2.20. The molecule has 0 radical (unpaired) electrons. The molecule has 1 amide bonds. The Hall–Kier alpha value is -3.38. The molecule has 0 aliphatic heterocycles. The number of amides is 1. The van der Waals surface area contributed by atoms with Crippen molar-refractivity contribution in [1.29, 1.82) is 0 Å². The van der Waals surface area contributed by atoms with Crippen LogP contribution in [-0.2, 0) is 0 Å². The van der Waals surface area contributed by atoms with E-state index < -0.39 is 0 Å². The maximum absolute atomic E-state index is 13.2. The van der Waals surface area contributed by atoms with Crippen LogP contribution in [0.5, 0.6) is 5.75 Å². The van der Waals surface area contributed by atoms with Crippen molar-refractivity contribution in [2.24, 2.45) is 0 Å². The smallest absolute Gasteiger partial charge is 0.259 e. The molecule has 0 saturated heterocycles. The number of aryl methyl sites for hydroxylation is 2. The Bertz CT molecular complexity index is 1220. The van der Waals surface area contributed by atoms with Gasteiger partial charge in [-0.05, 0) is 31.5 Å². The zero-order valence-electron chi connectivity index (χ0n) is 16.1. The van der Waals surface area contributed by atoms with Crippen molar-refractivity contribution in [2.75, 3.05) is 12.4 Å². The Morgan fingerprint density at radius 2 is 1.90 bits per heavy atom. The normalized spacial score (nSPS) is 10.9. The molecule has 146 valence electrons. The van der Waals surface area contributed by atoms with Crippen molar-refractivity contribution in [3.8, 4) is 17.0 Å². The Labute approximate surface area is 172 Å². The van der Waals surface area contributed by atoms with E-state index in [0.717, 1.165) is 11.1 Å². The lowest BCUT2D eigenvalue weighted by atomic mass is 10.0. The van der Waals surface area contributed by atoms with Crippen LogP contribution in [0, 0.1) is 13.8 Å². The average Bonchev–Trinajstić information content (AvgIpc) is 3.11. The summed E-state index contributed by atoms with van der Waals surface area (Å²) in [5, 5.41) is 8.03. The zero-order chi connectivity index (χ0) is 20.5. The monoisotopic (exact) mass is 407 g/mol. The first-order valence-electron chi connectivity index (χ1n) is 8.96. The molecule has 2 aromatic heterocycles. The van der Waals surface area contributed by atoms with Gasteiger partial charge in [0, 0.05) is 16.7 Å². The zero-order valence-corrected chi connectivity index (χ0v) is 16.9. The van der Waals surface area contributed by atoms with Crippen LogP contribution in [0.25, 0.3) is 22.4 Å². The number of anilines is 1. The number of rotatable bonds is 4. The number of nitrogens with zero attached hydrogens (tertiary/aromatic N) is 2. The van der Waals surface area contributed by atoms with Gasteiger partial charge in [-0.2, -0.15) is 0 Å². The Kier molecular flexibility index (Phi) is 4.94. The highest BCUT2D eigenvalue weighted by Crippen LogP contribution is 2.33. The largest absolute Gasteiger partial charge is 0.495 e. The van der Waals surface area contributed by atoms with Crippen molar-refractivity contribution in [1.82, 2.24) is 10.1 Å². The molecule has 6 nitrogen and oxygen atoms in total. The summed E-state index contributed by atoms with van der Waals surface area (Å²) in [6.45, 7) is 3.64. The summed E-state index contributed by atoms with van der Waals surface area (Å²) in [5.74, 6) is 0.158. The van der Waals surface area contributed by atoms with Crippen LogP contribution in [0.1, 0.15) is 21.6 Å². The first kappa shape index (κ1) is 19.0. The number of fused-ring (bicyclic) bond motifs is 1. The molecule has 0 aliphatic carbocycles. The van der Waals surface area contributed by atoms with Gasteiger partial charge in [-0.25, -0.2) is 4.98 Å². The van der Waals surface area contributed by atoms with E-state index >= 15 is 0 Å². The second-order valence-electron chi connectivity index (χ2n) is 6.63. The molecule has 29 heavy (non-hydrogen) atoms. The fourth-order valence-corrected chi connectivity index (χ4v) is 3.30. The molecule has 0 saturated carbocycles. The fraction of sp³-hybridized carbons (Fsp3) is 0.136. The fourth-order valence-electron chi connectivity index (χ4n) is 3.15. The molecule has 0 spiro atoms. The molecular weight excluding hydrogens is 390 g/mol. The second-order valence-corrected chi connectivity index (χ2v) is 7.03. The lowest BCUT2D eigenvalue weighted by Crippen LogP contribution is -2.14. The number of hydrogen-bond donors (Lipinski definition) is 1. The average molecular weight is 408 g/mol. The number of ether oxygens (including phenoxy) is 1. The van der Waals surface area contributed by atoms with Gasteiger partial charge in [0.25, 0.3) is 11.6 Å². The van der Waals surface area contributed by atoms with Crippen LogP contribution in [0.2, 0.25) is 5.02 Å². The standard InChI is InChI=1S/C22H18ClN3O3/c1-12-9-18(19(28-3)11-16(12)23)24-21(27)15-10-17(14-7-5-4-6-8-14)25-22-20(15)13(2)26-29-22/h4-11H,1-3H3,(H,24,27). The summed E-state index contributed by atoms with van der Waals surface area (Å²) in [6.07, 6.45) is 0. The summed E-state index contributed by atoms with van der Waals surface area (Å²) in [7, 11) is 1.53. The number of benzene rings is 2. The van der Waals surface area contributed by atoms with E-state index in [2.05, 4.69) is 15.5 Å². The van der Waals surface area contributed by atoms with Gasteiger partial charge >= 0.3 is 0 Å². The lowest BCUT2D eigenvalue weighted by molar-refractivity contribution is 0.102. The number of hydrogen-bond acceptors (Lipinski definition) is 5. The van der Waals surface area contributed by atoms with Crippen molar-refractivity contribution in [3.63, 3.8) is 0 Å². The molecule has 2 heterocycles. The van der Waals surface area contributed by atoms with Crippen LogP contribution < -0.4 is 10.1 Å². The summed E-state index contributed by atoms with van der Waals surface area (Å²) < 4.78 is 10.7.